The molecular weight excluding hydrogens is 456 g/mol. The first kappa shape index (κ1) is 24.2. The van der Waals surface area contributed by atoms with E-state index in [1.165, 1.54) is 0 Å². The molecular formula is C28H28F3O2P. The Balaban J connectivity index is 2.10. The topological polar surface area (TPSA) is 26.3 Å². The van der Waals surface area contributed by atoms with E-state index in [1.807, 2.05) is 54.6 Å². The summed E-state index contributed by atoms with van der Waals surface area (Å²) in [7, 11) is 1.15. The van der Waals surface area contributed by atoms with E-state index in [-0.39, 0.29) is 5.57 Å². The summed E-state index contributed by atoms with van der Waals surface area (Å²) >= 11 is 0. The van der Waals surface area contributed by atoms with Gasteiger partial charge in [-0.25, -0.2) is 0 Å². The van der Waals surface area contributed by atoms with Crippen molar-refractivity contribution in [1.82, 2.24) is 0 Å². The third kappa shape index (κ3) is 4.18. The number of methoxy groups -OCH3 is 1. The van der Waals surface area contributed by atoms with Crippen molar-refractivity contribution >= 4 is 28.5 Å². The number of carbonyl (C=O) groups excluding carboxylic acids is 1. The number of rotatable bonds is 5. The summed E-state index contributed by atoms with van der Waals surface area (Å²) in [6.07, 6.45) is -3.43. The van der Waals surface area contributed by atoms with Crippen LogP contribution in [0.15, 0.2) is 102 Å². The van der Waals surface area contributed by atoms with E-state index < -0.39 is 25.2 Å². The van der Waals surface area contributed by atoms with E-state index in [9.17, 15) is 18.0 Å². The summed E-state index contributed by atoms with van der Waals surface area (Å²) in [5.41, 5.74) is 0.316. The number of halogens is 3. The molecule has 3 aromatic carbocycles. The second-order valence-corrected chi connectivity index (χ2v) is 14.2. The molecule has 0 atom stereocenters. The second kappa shape index (κ2) is 9.38. The zero-order valence-electron chi connectivity index (χ0n) is 19.1. The summed E-state index contributed by atoms with van der Waals surface area (Å²) in [6, 6.07) is 30.4. The van der Waals surface area contributed by atoms with Gasteiger partial charge in [-0.2, -0.15) is 0 Å². The number of esters is 1. The van der Waals surface area contributed by atoms with Crippen molar-refractivity contribution in [2.24, 2.45) is 0 Å². The predicted octanol–water partition coefficient (Wildman–Crippen LogP) is 5.73. The molecule has 1 aliphatic heterocycles. The van der Waals surface area contributed by atoms with Gasteiger partial charge < -0.3 is 0 Å². The van der Waals surface area contributed by atoms with Gasteiger partial charge in [-0.3, -0.25) is 0 Å². The maximum atomic E-state index is 13.6. The van der Waals surface area contributed by atoms with E-state index in [4.69, 9.17) is 4.74 Å². The fourth-order valence-electron chi connectivity index (χ4n) is 5.60. The van der Waals surface area contributed by atoms with Gasteiger partial charge in [-0.1, -0.05) is 0 Å². The molecule has 178 valence electrons. The van der Waals surface area contributed by atoms with Gasteiger partial charge in [-0.15, -0.1) is 0 Å². The Morgan fingerprint density at radius 1 is 0.824 bits per heavy atom. The third-order valence-corrected chi connectivity index (χ3v) is 14.1. The zero-order chi connectivity index (χ0) is 24.3. The van der Waals surface area contributed by atoms with E-state index in [1.54, 1.807) is 0 Å². The Hall–Kier alpha value is -2.91. The number of hydrogen-bond acceptors (Lipinski definition) is 2. The van der Waals surface area contributed by atoms with Gasteiger partial charge in [0, 0.05) is 0 Å². The molecule has 1 heterocycles. The molecule has 0 aliphatic carbocycles. The number of alkyl halides is 3. The Bertz CT molecular complexity index is 1070. The van der Waals surface area contributed by atoms with Crippen LogP contribution in [-0.2, 0) is 9.53 Å². The van der Waals surface area contributed by atoms with E-state index >= 15 is 0 Å². The van der Waals surface area contributed by atoms with Crippen molar-refractivity contribution in [3.8, 4) is 0 Å². The molecule has 2 nitrogen and oxygen atoms in total. The molecule has 1 saturated heterocycles. The number of hydrogen-bond donors (Lipinski definition) is 0. The number of carbonyl (C=O) groups is 1. The van der Waals surface area contributed by atoms with E-state index in [0.29, 0.717) is 24.6 Å². The average molecular weight is 484 g/mol. The van der Waals surface area contributed by atoms with Crippen molar-refractivity contribution in [3.05, 3.63) is 102 Å². The van der Waals surface area contributed by atoms with Crippen LogP contribution in [0.4, 0.5) is 13.2 Å². The van der Waals surface area contributed by atoms with Crippen molar-refractivity contribution in [2.45, 2.75) is 25.4 Å². The van der Waals surface area contributed by atoms with Crippen LogP contribution in [0.3, 0.4) is 0 Å². The maximum absolute atomic E-state index is 13.6. The normalized spacial score (nSPS) is 19.9. The molecule has 0 N–H and O–H groups in total. The van der Waals surface area contributed by atoms with Crippen LogP contribution in [0.25, 0.3) is 0 Å². The molecule has 0 spiro atoms. The van der Waals surface area contributed by atoms with Crippen molar-refractivity contribution < 1.29 is 22.7 Å². The van der Waals surface area contributed by atoms with E-state index in [2.05, 4.69) is 36.4 Å². The van der Waals surface area contributed by atoms with E-state index in [0.717, 1.165) is 29.2 Å². The second-order valence-electron chi connectivity index (χ2n) is 8.87. The van der Waals surface area contributed by atoms with Crippen LogP contribution in [-0.4, -0.2) is 31.6 Å². The number of benzene rings is 3. The number of ether oxygens (including phenoxy) is 1. The SMILES string of the molecule is COC(=O)/C(CC(F)(F)F)=C1/CCCP(c2ccccc2)(c2ccccc2)(c2ccccc2)C1. The van der Waals surface area contributed by atoms with Gasteiger partial charge in [0.25, 0.3) is 0 Å². The first-order valence-corrected chi connectivity index (χ1v) is 13.9. The van der Waals surface area contributed by atoms with Gasteiger partial charge >= 0.3 is 198 Å². The van der Waals surface area contributed by atoms with Gasteiger partial charge in [0.1, 0.15) is 0 Å². The molecule has 3 aromatic rings. The van der Waals surface area contributed by atoms with Crippen molar-refractivity contribution in [3.63, 3.8) is 0 Å². The van der Waals surface area contributed by atoms with Crippen LogP contribution in [0.2, 0.25) is 0 Å². The minimum absolute atomic E-state index is 0.244. The molecule has 0 amide bonds. The third-order valence-electron chi connectivity index (χ3n) is 7.04. The summed E-state index contributed by atoms with van der Waals surface area (Å²) in [5.74, 6) is -0.889. The van der Waals surface area contributed by atoms with Gasteiger partial charge in [0.05, 0.1) is 0 Å². The van der Waals surface area contributed by atoms with Gasteiger partial charge in [0.15, 0.2) is 0 Å². The summed E-state index contributed by atoms with van der Waals surface area (Å²) in [4.78, 5) is 12.6. The fourth-order valence-corrected chi connectivity index (χ4v) is 12.7. The van der Waals surface area contributed by atoms with Gasteiger partial charge in [-0.05, 0) is 0 Å². The Morgan fingerprint density at radius 3 is 1.65 bits per heavy atom. The summed E-state index contributed by atoms with van der Waals surface area (Å²) in [6.45, 7) is -3.28. The molecule has 0 unspecified atom stereocenters. The van der Waals surface area contributed by atoms with Gasteiger partial charge in [0.2, 0.25) is 0 Å². The zero-order valence-corrected chi connectivity index (χ0v) is 20.0. The van der Waals surface area contributed by atoms with Crippen LogP contribution in [0.1, 0.15) is 19.3 Å². The summed E-state index contributed by atoms with van der Waals surface area (Å²) in [5, 5.41) is 3.37. The molecule has 0 bridgehead atoms. The van der Waals surface area contributed by atoms with Crippen molar-refractivity contribution in [1.29, 1.82) is 0 Å². The molecule has 0 saturated carbocycles. The fraction of sp³-hybridized carbons (Fsp3) is 0.250. The molecule has 0 aromatic heterocycles. The molecule has 6 heteroatoms. The molecule has 4 rings (SSSR count). The quantitative estimate of drug-likeness (QED) is 0.263. The van der Waals surface area contributed by atoms with Crippen LogP contribution < -0.4 is 15.9 Å². The molecule has 0 radical (unpaired) electrons. The monoisotopic (exact) mass is 484 g/mol. The first-order chi connectivity index (χ1) is 16.3. The minimum atomic E-state index is -4.50. The molecule has 34 heavy (non-hydrogen) atoms. The van der Waals surface area contributed by atoms with Crippen LogP contribution >= 0.6 is 6.60 Å². The first-order valence-electron chi connectivity index (χ1n) is 11.3. The van der Waals surface area contributed by atoms with Crippen LogP contribution in [0.5, 0.6) is 0 Å². The Labute approximate surface area is 198 Å². The average Bonchev–Trinajstić information content (AvgIpc) is 2.88. The summed E-state index contributed by atoms with van der Waals surface area (Å²) < 4.78 is 45.6. The van der Waals surface area contributed by atoms with Crippen LogP contribution in [0, 0.1) is 0 Å². The molecule has 1 aliphatic rings. The predicted molar refractivity (Wildman–Crippen MR) is 134 cm³/mol. The number of allylic oxidation sites excluding steroid dienone is 1. The Kier molecular flexibility index (Phi) is 6.69. The van der Waals surface area contributed by atoms with Crippen molar-refractivity contribution in [2.75, 3.05) is 19.4 Å². The standard InChI is InChI=1S/C28H28F3O2P/c1-33-27(32)26(20-28(29,30)31)22-12-11-19-34(21-22,23-13-5-2-6-14-23,24-15-7-3-8-16-24)25-17-9-4-10-18-25/h2-10,13-18H,11-12,19-21H2,1H3/b26-22-. The Morgan fingerprint density at radius 2 is 1.26 bits per heavy atom. The molecule has 1 fully saturated rings.